The first-order valence-electron chi connectivity index (χ1n) is 7.21. The number of carbonyl (C=O) groups is 1. The summed E-state index contributed by atoms with van der Waals surface area (Å²) in [5.74, 6) is 0.0367. The first kappa shape index (κ1) is 16.2. The van der Waals surface area contributed by atoms with Gasteiger partial charge in [0.1, 0.15) is 0 Å². The Hall–Kier alpha value is -0.830. The molecule has 0 aliphatic heterocycles. The van der Waals surface area contributed by atoms with Crippen molar-refractivity contribution >= 4 is 21.8 Å². The fourth-order valence-electron chi connectivity index (χ4n) is 1.95. The summed E-state index contributed by atoms with van der Waals surface area (Å²) in [4.78, 5) is 11.9. The Balaban J connectivity index is 2.16. The van der Waals surface area contributed by atoms with Crippen molar-refractivity contribution in [3.05, 3.63) is 35.4 Å². The molecule has 0 saturated carbocycles. The predicted octanol–water partition coefficient (Wildman–Crippen LogP) is 4.67. The molecule has 3 heteroatoms. The standard InChI is InChI=1S/C16H24BrNO/c1-2-3-4-5-6-7-12-18-16(19)15-10-8-14(13-17)9-11-15/h8-11H,2-7,12-13H2,1H3,(H,18,19). The Morgan fingerprint density at radius 2 is 1.68 bits per heavy atom. The van der Waals surface area contributed by atoms with Crippen LogP contribution in [0.15, 0.2) is 24.3 Å². The molecule has 1 N–H and O–H groups in total. The van der Waals surface area contributed by atoms with Crippen molar-refractivity contribution in [2.24, 2.45) is 0 Å². The SMILES string of the molecule is CCCCCCCCNC(=O)c1ccc(CBr)cc1. The van der Waals surface area contributed by atoms with Crippen LogP contribution < -0.4 is 5.32 Å². The number of amides is 1. The van der Waals surface area contributed by atoms with Crippen molar-refractivity contribution in [1.29, 1.82) is 0 Å². The lowest BCUT2D eigenvalue weighted by atomic mass is 10.1. The zero-order chi connectivity index (χ0) is 13.9. The molecule has 2 nitrogen and oxygen atoms in total. The molecule has 0 radical (unpaired) electrons. The summed E-state index contributed by atoms with van der Waals surface area (Å²) in [7, 11) is 0. The summed E-state index contributed by atoms with van der Waals surface area (Å²) < 4.78 is 0. The van der Waals surface area contributed by atoms with Gasteiger partial charge in [0.15, 0.2) is 0 Å². The smallest absolute Gasteiger partial charge is 0.251 e. The first-order valence-corrected chi connectivity index (χ1v) is 8.33. The van der Waals surface area contributed by atoms with Crippen LogP contribution in [0.1, 0.15) is 61.4 Å². The van der Waals surface area contributed by atoms with Crippen molar-refractivity contribution in [1.82, 2.24) is 5.32 Å². The summed E-state index contributed by atoms with van der Waals surface area (Å²) >= 11 is 3.40. The molecule has 1 amide bonds. The van der Waals surface area contributed by atoms with E-state index in [4.69, 9.17) is 0 Å². The van der Waals surface area contributed by atoms with E-state index in [2.05, 4.69) is 28.2 Å². The molecule has 106 valence electrons. The molecule has 19 heavy (non-hydrogen) atoms. The molecule has 0 spiro atoms. The van der Waals surface area contributed by atoms with Gasteiger partial charge in [-0.15, -0.1) is 0 Å². The minimum atomic E-state index is 0.0367. The van der Waals surface area contributed by atoms with Crippen LogP contribution in [-0.4, -0.2) is 12.5 Å². The molecule has 0 aliphatic carbocycles. The lowest BCUT2D eigenvalue weighted by Gasteiger charge is -2.05. The highest BCUT2D eigenvalue weighted by molar-refractivity contribution is 9.08. The third kappa shape index (κ3) is 6.76. The lowest BCUT2D eigenvalue weighted by molar-refractivity contribution is 0.0953. The van der Waals surface area contributed by atoms with Crippen LogP contribution in [0.5, 0.6) is 0 Å². The molecular formula is C16H24BrNO. The second-order valence-corrected chi connectivity index (χ2v) is 5.41. The van der Waals surface area contributed by atoms with Gasteiger partial charge in [0, 0.05) is 17.4 Å². The molecule has 1 rings (SSSR count). The predicted molar refractivity (Wildman–Crippen MR) is 84.8 cm³/mol. The maximum absolute atomic E-state index is 11.9. The molecule has 0 aromatic heterocycles. The van der Waals surface area contributed by atoms with Gasteiger partial charge in [-0.05, 0) is 24.1 Å². The Morgan fingerprint density at radius 3 is 2.32 bits per heavy atom. The van der Waals surface area contributed by atoms with E-state index < -0.39 is 0 Å². The second-order valence-electron chi connectivity index (χ2n) is 4.85. The van der Waals surface area contributed by atoms with Crippen molar-refractivity contribution < 1.29 is 4.79 Å². The van der Waals surface area contributed by atoms with E-state index in [0.29, 0.717) is 0 Å². The first-order chi connectivity index (χ1) is 9.27. The van der Waals surface area contributed by atoms with Gasteiger partial charge in [-0.3, -0.25) is 4.79 Å². The number of benzene rings is 1. The van der Waals surface area contributed by atoms with Crippen molar-refractivity contribution in [3.8, 4) is 0 Å². The van der Waals surface area contributed by atoms with Crippen LogP contribution in [0.3, 0.4) is 0 Å². The maximum atomic E-state index is 11.9. The highest BCUT2D eigenvalue weighted by Gasteiger charge is 2.03. The molecule has 0 unspecified atom stereocenters. The number of rotatable bonds is 9. The number of hydrogen-bond donors (Lipinski definition) is 1. The van der Waals surface area contributed by atoms with E-state index >= 15 is 0 Å². The molecular weight excluding hydrogens is 302 g/mol. The molecule has 1 aromatic carbocycles. The largest absolute Gasteiger partial charge is 0.352 e. The summed E-state index contributed by atoms with van der Waals surface area (Å²) in [6.07, 6.45) is 7.49. The van der Waals surface area contributed by atoms with Crippen LogP contribution in [0.4, 0.5) is 0 Å². The minimum absolute atomic E-state index is 0.0367. The minimum Gasteiger partial charge on any atom is -0.352 e. The number of hydrogen-bond acceptors (Lipinski definition) is 1. The number of carbonyl (C=O) groups excluding carboxylic acids is 1. The quantitative estimate of drug-likeness (QED) is 0.518. The Labute approximate surface area is 125 Å². The van der Waals surface area contributed by atoms with Gasteiger partial charge in [-0.2, -0.15) is 0 Å². The fourth-order valence-corrected chi connectivity index (χ4v) is 2.33. The third-order valence-electron chi connectivity index (χ3n) is 3.19. The van der Waals surface area contributed by atoms with Gasteiger partial charge in [0.05, 0.1) is 0 Å². The Kier molecular flexibility index (Phi) is 8.55. The van der Waals surface area contributed by atoms with Gasteiger partial charge in [-0.25, -0.2) is 0 Å². The number of unbranched alkanes of at least 4 members (excludes halogenated alkanes) is 5. The molecule has 0 fully saturated rings. The average Bonchev–Trinajstić information content (AvgIpc) is 2.46. The van der Waals surface area contributed by atoms with E-state index in [1.54, 1.807) is 0 Å². The number of alkyl halides is 1. The second kappa shape index (κ2) is 10.0. The molecule has 0 heterocycles. The van der Waals surface area contributed by atoms with Crippen LogP contribution in [0, 0.1) is 0 Å². The van der Waals surface area contributed by atoms with Crippen molar-refractivity contribution in [2.45, 2.75) is 50.8 Å². The normalized spacial score (nSPS) is 10.4. The maximum Gasteiger partial charge on any atom is 0.251 e. The van der Waals surface area contributed by atoms with Gasteiger partial charge in [-0.1, -0.05) is 67.1 Å². The summed E-state index contributed by atoms with van der Waals surface area (Å²) in [5.41, 5.74) is 1.93. The highest BCUT2D eigenvalue weighted by atomic mass is 79.9. The molecule has 0 atom stereocenters. The van der Waals surface area contributed by atoms with Crippen molar-refractivity contribution in [2.75, 3.05) is 6.54 Å². The third-order valence-corrected chi connectivity index (χ3v) is 3.83. The van der Waals surface area contributed by atoms with Crippen molar-refractivity contribution in [3.63, 3.8) is 0 Å². The van der Waals surface area contributed by atoms with Gasteiger partial charge < -0.3 is 5.32 Å². The van der Waals surface area contributed by atoms with Gasteiger partial charge in [0.25, 0.3) is 5.91 Å². The molecule has 0 bridgehead atoms. The lowest BCUT2D eigenvalue weighted by Crippen LogP contribution is -2.24. The van der Waals surface area contributed by atoms with Crippen LogP contribution in [-0.2, 0) is 5.33 Å². The molecule has 0 saturated heterocycles. The zero-order valence-corrected chi connectivity index (χ0v) is 13.3. The monoisotopic (exact) mass is 325 g/mol. The van der Waals surface area contributed by atoms with E-state index in [9.17, 15) is 4.79 Å². The Bertz CT molecular complexity index is 362. The van der Waals surface area contributed by atoms with E-state index in [-0.39, 0.29) is 5.91 Å². The summed E-state index contributed by atoms with van der Waals surface area (Å²) in [6, 6.07) is 7.73. The topological polar surface area (TPSA) is 29.1 Å². The number of halogens is 1. The zero-order valence-electron chi connectivity index (χ0n) is 11.8. The van der Waals surface area contributed by atoms with Crippen LogP contribution in [0.25, 0.3) is 0 Å². The van der Waals surface area contributed by atoms with Crippen LogP contribution >= 0.6 is 15.9 Å². The van der Waals surface area contributed by atoms with E-state index in [1.807, 2.05) is 24.3 Å². The van der Waals surface area contributed by atoms with E-state index in [1.165, 1.54) is 37.7 Å². The highest BCUT2D eigenvalue weighted by Crippen LogP contribution is 2.08. The summed E-state index contributed by atoms with van der Waals surface area (Å²) in [5, 5.41) is 3.80. The molecule has 1 aromatic rings. The van der Waals surface area contributed by atoms with Crippen LogP contribution in [0.2, 0.25) is 0 Å². The van der Waals surface area contributed by atoms with Gasteiger partial charge >= 0.3 is 0 Å². The summed E-state index contributed by atoms with van der Waals surface area (Å²) in [6.45, 7) is 3.01. The van der Waals surface area contributed by atoms with E-state index in [0.717, 1.165) is 23.9 Å². The fraction of sp³-hybridized carbons (Fsp3) is 0.562. The molecule has 0 aliphatic rings. The average molecular weight is 326 g/mol. The van der Waals surface area contributed by atoms with Gasteiger partial charge in [0.2, 0.25) is 0 Å². The Morgan fingerprint density at radius 1 is 1.05 bits per heavy atom. The number of nitrogens with one attached hydrogen (secondary N) is 1.